The first-order valence-electron chi connectivity index (χ1n) is 4.33. The second-order valence-electron chi connectivity index (χ2n) is 2.88. The number of benzene rings is 1. The van der Waals surface area contributed by atoms with Gasteiger partial charge in [-0.1, -0.05) is 0 Å². The molecule has 0 spiro atoms. The fourth-order valence-corrected chi connectivity index (χ4v) is 1.61. The average molecular weight is 285 g/mol. The predicted molar refractivity (Wildman–Crippen MR) is 61.8 cm³/mol. The van der Waals surface area contributed by atoms with Crippen LogP contribution in [0.4, 0.5) is 0 Å². The third-order valence-electron chi connectivity index (χ3n) is 1.82. The monoisotopic (exact) mass is 284 g/mol. The number of hydrogen-bond donors (Lipinski definition) is 1. The Morgan fingerprint density at radius 2 is 2.06 bits per heavy atom. The van der Waals surface area contributed by atoms with Crippen molar-refractivity contribution in [3.05, 3.63) is 40.4 Å². The lowest BCUT2D eigenvalue weighted by molar-refractivity contribution is -0.131. The van der Waals surface area contributed by atoms with Crippen LogP contribution in [0.25, 0.3) is 0 Å². The molecule has 0 fully saturated rings. The number of methoxy groups -OCH3 is 1. The van der Waals surface area contributed by atoms with Crippen molar-refractivity contribution in [3.8, 4) is 5.75 Å². The molecule has 5 heteroatoms. The Morgan fingerprint density at radius 3 is 2.56 bits per heavy atom. The molecule has 0 bridgehead atoms. The third-order valence-corrected chi connectivity index (χ3v) is 2.48. The number of carboxylic acids is 1. The summed E-state index contributed by atoms with van der Waals surface area (Å²) in [5.74, 6) is -0.916. The summed E-state index contributed by atoms with van der Waals surface area (Å²) in [6.07, 6.45) is 1.81. The summed E-state index contributed by atoms with van der Waals surface area (Å²) < 4.78 is 5.54. The zero-order valence-electron chi connectivity index (χ0n) is 8.44. The van der Waals surface area contributed by atoms with Crippen molar-refractivity contribution in [3.63, 3.8) is 0 Å². The molecule has 0 saturated heterocycles. The second-order valence-corrected chi connectivity index (χ2v) is 3.74. The number of aliphatic carboxylic acids is 1. The van der Waals surface area contributed by atoms with Gasteiger partial charge < -0.3 is 9.84 Å². The van der Waals surface area contributed by atoms with Gasteiger partial charge in [0.25, 0.3) is 0 Å². The van der Waals surface area contributed by atoms with Crippen molar-refractivity contribution in [1.82, 2.24) is 0 Å². The summed E-state index contributed by atoms with van der Waals surface area (Å²) in [4.78, 5) is 21.8. The first-order valence-corrected chi connectivity index (χ1v) is 5.12. The van der Waals surface area contributed by atoms with E-state index in [2.05, 4.69) is 15.9 Å². The lowest BCUT2D eigenvalue weighted by atomic mass is 10.1. The Balaban J connectivity index is 2.96. The Hall–Kier alpha value is -1.62. The zero-order chi connectivity index (χ0) is 12.1. The fraction of sp³-hybridized carbons (Fsp3) is 0.0909. The molecule has 0 aliphatic carbocycles. The molecule has 84 valence electrons. The van der Waals surface area contributed by atoms with E-state index in [4.69, 9.17) is 9.84 Å². The molecule has 4 nitrogen and oxygen atoms in total. The van der Waals surface area contributed by atoms with Crippen LogP contribution < -0.4 is 4.74 Å². The van der Waals surface area contributed by atoms with Gasteiger partial charge in [-0.3, -0.25) is 4.79 Å². The Bertz CT molecular complexity index is 451. The van der Waals surface area contributed by atoms with E-state index in [1.165, 1.54) is 7.11 Å². The molecule has 0 radical (unpaired) electrons. The van der Waals surface area contributed by atoms with E-state index in [-0.39, 0.29) is 5.78 Å². The van der Waals surface area contributed by atoms with E-state index in [0.717, 1.165) is 12.2 Å². The molecule has 0 amide bonds. The summed E-state index contributed by atoms with van der Waals surface area (Å²) in [5.41, 5.74) is 0.387. The van der Waals surface area contributed by atoms with Gasteiger partial charge in [0.05, 0.1) is 7.11 Å². The van der Waals surface area contributed by atoms with Crippen molar-refractivity contribution in [2.75, 3.05) is 7.11 Å². The highest BCUT2D eigenvalue weighted by atomic mass is 79.9. The topological polar surface area (TPSA) is 63.6 Å². The summed E-state index contributed by atoms with van der Waals surface area (Å²) in [6, 6.07) is 4.84. The van der Waals surface area contributed by atoms with Crippen LogP contribution in [0.1, 0.15) is 10.4 Å². The highest BCUT2D eigenvalue weighted by Gasteiger charge is 2.08. The minimum atomic E-state index is -1.15. The molecule has 1 aromatic rings. The molecule has 1 rings (SSSR count). The number of hydrogen-bond acceptors (Lipinski definition) is 3. The zero-order valence-corrected chi connectivity index (χ0v) is 10.0. The number of allylic oxidation sites excluding steroid dienone is 1. The molecule has 1 aromatic carbocycles. The van der Waals surface area contributed by atoms with Gasteiger partial charge in [-0.05, 0) is 40.2 Å². The molecule has 0 atom stereocenters. The van der Waals surface area contributed by atoms with E-state index in [9.17, 15) is 9.59 Å². The number of ketones is 1. The number of carboxylic acid groups (broad SMARTS) is 1. The second kappa shape index (κ2) is 5.46. The van der Waals surface area contributed by atoms with Crippen LogP contribution in [0.2, 0.25) is 0 Å². The number of halogens is 1. The fourth-order valence-electron chi connectivity index (χ4n) is 1.06. The van der Waals surface area contributed by atoms with Gasteiger partial charge in [0, 0.05) is 16.1 Å². The number of rotatable bonds is 4. The standard InChI is InChI=1S/C11H9BrO4/c1-16-7-2-3-8(9(12)6-7)10(13)4-5-11(14)15/h2-6H,1H3,(H,14,15). The Kier molecular flexibility index (Phi) is 4.25. The quantitative estimate of drug-likeness (QED) is 0.681. The Labute approximate surface area is 101 Å². The molecule has 0 aromatic heterocycles. The number of carbonyl (C=O) groups is 2. The summed E-state index contributed by atoms with van der Waals surface area (Å²) in [6.45, 7) is 0. The number of carbonyl (C=O) groups excluding carboxylic acids is 1. The lowest BCUT2D eigenvalue weighted by Crippen LogP contribution is -1.98. The van der Waals surface area contributed by atoms with E-state index in [1.54, 1.807) is 18.2 Å². The third kappa shape index (κ3) is 3.20. The van der Waals surface area contributed by atoms with Crippen LogP contribution in [0.5, 0.6) is 5.75 Å². The molecule has 16 heavy (non-hydrogen) atoms. The molecule has 0 aliphatic rings. The van der Waals surface area contributed by atoms with Crippen molar-refractivity contribution in [2.45, 2.75) is 0 Å². The van der Waals surface area contributed by atoms with Crippen molar-refractivity contribution in [2.24, 2.45) is 0 Å². The average Bonchev–Trinajstić information content (AvgIpc) is 2.25. The van der Waals surface area contributed by atoms with Crippen LogP contribution in [0.15, 0.2) is 34.8 Å². The predicted octanol–water partition coefficient (Wildman–Crippen LogP) is 2.28. The molecular formula is C11H9BrO4. The van der Waals surface area contributed by atoms with Crippen LogP contribution in [-0.2, 0) is 4.79 Å². The summed E-state index contributed by atoms with van der Waals surface area (Å²) in [5, 5.41) is 8.39. The maximum atomic E-state index is 11.5. The molecular weight excluding hydrogens is 276 g/mol. The van der Waals surface area contributed by atoms with Gasteiger partial charge in [0.2, 0.25) is 0 Å². The van der Waals surface area contributed by atoms with Gasteiger partial charge in [-0.2, -0.15) is 0 Å². The van der Waals surface area contributed by atoms with Crippen molar-refractivity contribution in [1.29, 1.82) is 0 Å². The van der Waals surface area contributed by atoms with Crippen LogP contribution in [0, 0.1) is 0 Å². The molecule has 1 N–H and O–H groups in total. The summed E-state index contributed by atoms with van der Waals surface area (Å²) >= 11 is 3.21. The first-order chi connectivity index (χ1) is 7.54. The summed E-state index contributed by atoms with van der Waals surface area (Å²) in [7, 11) is 1.52. The van der Waals surface area contributed by atoms with Crippen molar-refractivity contribution >= 4 is 27.7 Å². The molecule has 0 unspecified atom stereocenters. The minimum Gasteiger partial charge on any atom is -0.497 e. The van der Waals surface area contributed by atoms with E-state index in [1.807, 2.05) is 0 Å². The van der Waals surface area contributed by atoms with Crippen LogP contribution in [0.3, 0.4) is 0 Å². The Morgan fingerprint density at radius 1 is 1.38 bits per heavy atom. The van der Waals surface area contributed by atoms with Gasteiger partial charge in [0.15, 0.2) is 5.78 Å². The molecule has 0 aliphatic heterocycles. The van der Waals surface area contributed by atoms with E-state index in [0.29, 0.717) is 15.8 Å². The molecule has 0 heterocycles. The minimum absolute atomic E-state index is 0.378. The number of ether oxygens (including phenoxy) is 1. The van der Waals surface area contributed by atoms with Gasteiger partial charge in [-0.25, -0.2) is 4.79 Å². The lowest BCUT2D eigenvalue weighted by Gasteiger charge is -2.03. The van der Waals surface area contributed by atoms with Crippen molar-refractivity contribution < 1.29 is 19.4 Å². The maximum absolute atomic E-state index is 11.5. The smallest absolute Gasteiger partial charge is 0.328 e. The van der Waals surface area contributed by atoms with Crippen LogP contribution in [-0.4, -0.2) is 24.0 Å². The van der Waals surface area contributed by atoms with E-state index < -0.39 is 5.97 Å². The van der Waals surface area contributed by atoms with Gasteiger partial charge >= 0.3 is 5.97 Å². The highest BCUT2D eigenvalue weighted by Crippen LogP contribution is 2.23. The maximum Gasteiger partial charge on any atom is 0.328 e. The molecule has 0 saturated carbocycles. The normalized spacial score (nSPS) is 10.4. The van der Waals surface area contributed by atoms with E-state index >= 15 is 0 Å². The first kappa shape index (κ1) is 12.4. The van der Waals surface area contributed by atoms with Gasteiger partial charge in [0.1, 0.15) is 5.75 Å². The van der Waals surface area contributed by atoms with Crippen LogP contribution >= 0.6 is 15.9 Å². The largest absolute Gasteiger partial charge is 0.497 e. The van der Waals surface area contributed by atoms with Gasteiger partial charge in [-0.15, -0.1) is 0 Å². The highest BCUT2D eigenvalue weighted by molar-refractivity contribution is 9.10. The SMILES string of the molecule is COc1ccc(C(=O)C=CC(=O)O)c(Br)c1.